The summed E-state index contributed by atoms with van der Waals surface area (Å²) in [5.41, 5.74) is 0. The minimum absolute atomic E-state index is 0.0152. The molecule has 0 heterocycles. The van der Waals surface area contributed by atoms with E-state index in [4.69, 9.17) is 5.11 Å². The number of rotatable bonds is 22. The summed E-state index contributed by atoms with van der Waals surface area (Å²) < 4.78 is 0. The molecule has 48 heavy (non-hydrogen) atoms. The number of aliphatic hydroxyl groups is 2. The van der Waals surface area contributed by atoms with E-state index in [9.17, 15) is 39.0 Å². The van der Waals surface area contributed by atoms with E-state index in [-0.39, 0.29) is 41.9 Å². The van der Waals surface area contributed by atoms with Crippen LogP contribution in [0, 0.1) is 29.6 Å². The van der Waals surface area contributed by atoms with Crippen molar-refractivity contribution in [2.24, 2.45) is 29.6 Å². The van der Waals surface area contributed by atoms with Crippen molar-refractivity contribution in [3.63, 3.8) is 0 Å². The van der Waals surface area contributed by atoms with E-state index < -0.39 is 84.9 Å². The van der Waals surface area contributed by atoms with E-state index in [0.717, 1.165) is 0 Å². The number of carboxylic acid groups (broad SMARTS) is 1. The molecule has 0 saturated carbocycles. The molecule has 0 aliphatic rings. The Morgan fingerprint density at radius 3 is 1.29 bits per heavy atom. The Kier molecular flexibility index (Phi) is 20.2. The molecule has 0 aromatic rings. The number of carboxylic acids is 1. The molecule has 4 unspecified atom stereocenters. The first-order valence-electron chi connectivity index (χ1n) is 17.1. The highest BCUT2D eigenvalue weighted by atomic mass is 16.4. The van der Waals surface area contributed by atoms with E-state index in [1.54, 1.807) is 27.7 Å². The molecule has 278 valence electrons. The van der Waals surface area contributed by atoms with Crippen LogP contribution in [0.15, 0.2) is 0 Å². The molecule has 0 radical (unpaired) electrons. The quantitative estimate of drug-likeness (QED) is 0.0825. The molecule has 0 aliphatic heterocycles. The van der Waals surface area contributed by atoms with Crippen LogP contribution in [0.3, 0.4) is 0 Å². The Morgan fingerprint density at radius 2 is 0.875 bits per heavy atom. The molecule has 0 aromatic carbocycles. The van der Waals surface area contributed by atoms with Gasteiger partial charge in [0.1, 0.15) is 18.1 Å². The molecule has 0 spiro atoms. The van der Waals surface area contributed by atoms with Crippen LogP contribution >= 0.6 is 0 Å². The largest absolute Gasteiger partial charge is 0.481 e. The summed E-state index contributed by atoms with van der Waals surface area (Å²) in [6.45, 7) is 19.8. The zero-order chi connectivity index (χ0) is 37.5. The van der Waals surface area contributed by atoms with Gasteiger partial charge in [-0.15, -0.1) is 0 Å². The van der Waals surface area contributed by atoms with Crippen LogP contribution in [0.1, 0.15) is 108 Å². The third kappa shape index (κ3) is 17.8. The number of hydrogen-bond donors (Lipinski definition) is 8. The summed E-state index contributed by atoms with van der Waals surface area (Å²) in [7, 11) is 0. The molecule has 5 amide bonds. The Hall–Kier alpha value is -3.26. The average molecular weight is 686 g/mol. The van der Waals surface area contributed by atoms with Gasteiger partial charge in [-0.3, -0.25) is 28.8 Å². The van der Waals surface area contributed by atoms with Crippen LogP contribution in [0.4, 0.5) is 0 Å². The van der Waals surface area contributed by atoms with Crippen molar-refractivity contribution < 1.29 is 44.1 Å². The van der Waals surface area contributed by atoms with Crippen molar-refractivity contribution in [1.29, 1.82) is 0 Å². The van der Waals surface area contributed by atoms with Crippen LogP contribution in [0.5, 0.6) is 0 Å². The lowest BCUT2D eigenvalue weighted by Crippen LogP contribution is -2.59. The Morgan fingerprint density at radius 1 is 0.479 bits per heavy atom. The van der Waals surface area contributed by atoms with Crippen molar-refractivity contribution in [1.82, 2.24) is 26.6 Å². The summed E-state index contributed by atoms with van der Waals surface area (Å²) >= 11 is 0. The average Bonchev–Trinajstić information content (AvgIpc) is 2.91. The van der Waals surface area contributed by atoms with Gasteiger partial charge in [0.2, 0.25) is 29.5 Å². The summed E-state index contributed by atoms with van der Waals surface area (Å²) in [5, 5.41) is 43.9. The summed E-state index contributed by atoms with van der Waals surface area (Å²) in [6, 6.07) is -4.61. The number of carbonyl (C=O) groups is 6. The van der Waals surface area contributed by atoms with Gasteiger partial charge in [-0.05, 0) is 49.4 Å². The minimum Gasteiger partial charge on any atom is -0.481 e. The van der Waals surface area contributed by atoms with Gasteiger partial charge in [0.15, 0.2) is 0 Å². The first-order valence-corrected chi connectivity index (χ1v) is 17.1. The second kappa shape index (κ2) is 21.7. The highest BCUT2D eigenvalue weighted by Gasteiger charge is 2.34. The molecule has 0 fully saturated rings. The summed E-state index contributed by atoms with van der Waals surface area (Å²) in [5.74, 6) is -4.25. The van der Waals surface area contributed by atoms with Crippen molar-refractivity contribution in [2.45, 2.75) is 151 Å². The maximum Gasteiger partial charge on any atom is 0.306 e. The smallest absolute Gasteiger partial charge is 0.306 e. The molecule has 14 heteroatoms. The lowest BCUT2D eigenvalue weighted by Gasteiger charge is -2.31. The standard InChI is InChI=1S/C34H63N5O9/c1-17(2)12-23(37-33(47)31(21(9)10)39-34(48)30(20(7)8)38-27(42)14-19(5)6)25(40)15-28(43)35-22(11)32(46)36-24(13-18(3)4)26(41)16-29(44)45/h17-26,30-31,40-41H,12-16H2,1-11H3,(H,35,43)(H,36,46)(H,37,47)(H,38,42)(H,39,48)(H,44,45)/t22?,23-,24-,25?,26?,30-,31?/m0/s1. The van der Waals surface area contributed by atoms with Gasteiger partial charge in [0.25, 0.3) is 0 Å². The maximum atomic E-state index is 13.5. The fourth-order valence-electron chi connectivity index (χ4n) is 5.16. The van der Waals surface area contributed by atoms with Crippen LogP contribution in [-0.2, 0) is 28.8 Å². The SMILES string of the molecule is CC(C)CC(=O)N[C@H](C(=O)NC(C(=O)N[C@@H](CC(C)C)C(O)CC(=O)NC(C)C(=O)N[C@@H](CC(C)C)C(O)CC(=O)O)C(C)C)C(C)C. The monoisotopic (exact) mass is 685 g/mol. The normalized spacial score (nSPS) is 16.1. The van der Waals surface area contributed by atoms with Gasteiger partial charge in [0, 0.05) is 6.42 Å². The molecular weight excluding hydrogens is 622 g/mol. The molecule has 0 saturated heterocycles. The second-order valence-electron chi connectivity index (χ2n) is 14.8. The van der Waals surface area contributed by atoms with Crippen molar-refractivity contribution in [3.05, 3.63) is 0 Å². The third-order valence-electron chi connectivity index (χ3n) is 7.69. The predicted molar refractivity (Wildman–Crippen MR) is 182 cm³/mol. The predicted octanol–water partition coefficient (Wildman–Crippen LogP) is 1.47. The highest BCUT2D eigenvalue weighted by Crippen LogP contribution is 2.15. The van der Waals surface area contributed by atoms with E-state index in [1.807, 2.05) is 41.5 Å². The fraction of sp³-hybridized carbons (Fsp3) is 0.824. The van der Waals surface area contributed by atoms with Gasteiger partial charge < -0.3 is 41.9 Å². The molecule has 0 aromatic heterocycles. The third-order valence-corrected chi connectivity index (χ3v) is 7.69. The van der Waals surface area contributed by atoms with Gasteiger partial charge in [-0.25, -0.2) is 0 Å². The first kappa shape index (κ1) is 44.7. The van der Waals surface area contributed by atoms with Crippen molar-refractivity contribution in [3.8, 4) is 0 Å². The van der Waals surface area contributed by atoms with Crippen LogP contribution < -0.4 is 26.6 Å². The zero-order valence-corrected chi connectivity index (χ0v) is 30.8. The van der Waals surface area contributed by atoms with E-state index >= 15 is 0 Å². The topological polar surface area (TPSA) is 223 Å². The second-order valence-corrected chi connectivity index (χ2v) is 14.8. The first-order chi connectivity index (χ1) is 22.0. The Labute approximate surface area is 286 Å². The number of carbonyl (C=O) groups excluding carboxylic acids is 5. The van der Waals surface area contributed by atoms with Gasteiger partial charge in [0.05, 0.1) is 37.1 Å². The van der Waals surface area contributed by atoms with E-state index in [0.29, 0.717) is 12.8 Å². The number of aliphatic carboxylic acids is 1. The van der Waals surface area contributed by atoms with Crippen molar-refractivity contribution in [2.75, 3.05) is 0 Å². The van der Waals surface area contributed by atoms with Crippen LogP contribution in [-0.4, -0.2) is 93.2 Å². The molecule has 8 N–H and O–H groups in total. The molecule has 14 nitrogen and oxygen atoms in total. The van der Waals surface area contributed by atoms with Crippen molar-refractivity contribution >= 4 is 35.5 Å². The van der Waals surface area contributed by atoms with Gasteiger partial charge in [-0.1, -0.05) is 69.2 Å². The number of aliphatic hydroxyl groups excluding tert-OH is 2. The van der Waals surface area contributed by atoms with E-state index in [1.165, 1.54) is 6.92 Å². The lowest BCUT2D eigenvalue weighted by molar-refractivity contribution is -0.140. The molecule has 0 rings (SSSR count). The van der Waals surface area contributed by atoms with Crippen LogP contribution in [0.25, 0.3) is 0 Å². The molecule has 0 aliphatic carbocycles. The van der Waals surface area contributed by atoms with Gasteiger partial charge in [-0.2, -0.15) is 0 Å². The maximum absolute atomic E-state index is 13.5. The van der Waals surface area contributed by atoms with Crippen LogP contribution in [0.2, 0.25) is 0 Å². The molecule has 7 atom stereocenters. The number of amides is 5. The lowest BCUT2D eigenvalue weighted by atomic mass is 9.95. The summed E-state index contributed by atoms with van der Waals surface area (Å²) in [4.78, 5) is 75.9. The molecular formula is C34H63N5O9. The highest BCUT2D eigenvalue weighted by molar-refractivity contribution is 5.92. The Bertz CT molecular complexity index is 1060. The van der Waals surface area contributed by atoms with E-state index in [2.05, 4.69) is 26.6 Å². The fourth-order valence-corrected chi connectivity index (χ4v) is 5.16. The minimum atomic E-state index is -1.33. The Balaban J connectivity index is 5.60. The number of hydrogen-bond acceptors (Lipinski definition) is 8. The van der Waals surface area contributed by atoms with Gasteiger partial charge >= 0.3 is 5.97 Å². The molecule has 0 bridgehead atoms. The zero-order valence-electron chi connectivity index (χ0n) is 30.8. The number of nitrogens with one attached hydrogen (secondary N) is 5. The summed E-state index contributed by atoms with van der Waals surface area (Å²) in [6.07, 6.45) is -2.76.